The Labute approximate surface area is 205 Å². The fourth-order valence-electron chi connectivity index (χ4n) is 3.98. The summed E-state index contributed by atoms with van der Waals surface area (Å²) in [6.45, 7) is 1.09. The summed E-state index contributed by atoms with van der Waals surface area (Å²) in [5.41, 5.74) is 0.00858. The second-order valence-electron chi connectivity index (χ2n) is 8.66. The van der Waals surface area contributed by atoms with Gasteiger partial charge in [-0.05, 0) is 57.3 Å². The molecule has 35 heavy (non-hydrogen) atoms. The third kappa shape index (κ3) is 5.50. The molecule has 0 atom stereocenters. The van der Waals surface area contributed by atoms with Crippen molar-refractivity contribution in [1.29, 1.82) is 0 Å². The van der Waals surface area contributed by atoms with E-state index in [2.05, 4.69) is 4.98 Å². The normalized spacial score (nSPS) is 15.7. The summed E-state index contributed by atoms with van der Waals surface area (Å²) in [7, 11) is -0.0884. The molecule has 1 aliphatic rings. The van der Waals surface area contributed by atoms with Crippen LogP contribution in [0, 0.1) is 23.4 Å². The Bertz CT molecular complexity index is 1320. The third-order valence-corrected chi connectivity index (χ3v) is 8.86. The number of carbonyl (C=O) groups is 1. The van der Waals surface area contributed by atoms with Crippen LogP contribution in [0.3, 0.4) is 0 Å². The number of rotatable bonds is 7. The summed E-state index contributed by atoms with van der Waals surface area (Å²) in [5.74, 6) is -2.72. The number of halogens is 3. The number of anilines is 1. The van der Waals surface area contributed by atoms with E-state index in [0.717, 1.165) is 29.5 Å². The molecule has 0 unspecified atom stereocenters. The van der Waals surface area contributed by atoms with Gasteiger partial charge in [-0.1, -0.05) is 11.3 Å². The third-order valence-electron chi connectivity index (χ3n) is 5.92. The number of amides is 1. The van der Waals surface area contributed by atoms with Gasteiger partial charge in [0.05, 0.1) is 9.60 Å². The lowest BCUT2D eigenvalue weighted by atomic mass is 9.96. The van der Waals surface area contributed by atoms with Crippen molar-refractivity contribution < 1.29 is 26.4 Å². The number of fused-ring (bicyclic) bond motifs is 1. The Hall–Kier alpha value is -2.54. The van der Waals surface area contributed by atoms with E-state index in [9.17, 15) is 26.4 Å². The van der Waals surface area contributed by atoms with Crippen molar-refractivity contribution in [2.75, 3.05) is 45.2 Å². The highest BCUT2D eigenvalue weighted by atomic mass is 32.2. The van der Waals surface area contributed by atoms with E-state index in [-0.39, 0.29) is 34.5 Å². The van der Waals surface area contributed by atoms with E-state index in [0.29, 0.717) is 30.6 Å². The molecule has 2 aromatic carbocycles. The van der Waals surface area contributed by atoms with Gasteiger partial charge >= 0.3 is 0 Å². The second kappa shape index (κ2) is 10.2. The standard InChI is InChI=1S/C23H25F3N4O3S2/c1-28(2)11-12-30(23-27-21-19(26)13-17(25)14-20(21)34-23)22(31)15-7-9-29(10-8-15)35(32,33)18-5-3-16(24)4-6-18/h3-6,13-15H,7-12H2,1-2H3. The minimum atomic E-state index is -3.80. The van der Waals surface area contributed by atoms with Crippen LogP contribution in [0.15, 0.2) is 41.3 Å². The quantitative estimate of drug-likeness (QED) is 0.469. The van der Waals surface area contributed by atoms with Crippen LogP contribution in [0.1, 0.15) is 12.8 Å². The smallest absolute Gasteiger partial charge is 0.243 e. The molecule has 1 aromatic heterocycles. The van der Waals surface area contributed by atoms with E-state index in [1.807, 2.05) is 19.0 Å². The molecule has 0 saturated carbocycles. The van der Waals surface area contributed by atoms with Gasteiger partial charge in [-0.15, -0.1) is 0 Å². The maximum absolute atomic E-state index is 14.2. The molecule has 188 valence electrons. The van der Waals surface area contributed by atoms with E-state index in [1.54, 1.807) is 0 Å². The summed E-state index contributed by atoms with van der Waals surface area (Å²) >= 11 is 1.04. The van der Waals surface area contributed by atoms with Gasteiger partial charge < -0.3 is 4.90 Å². The number of nitrogens with zero attached hydrogens (tertiary/aromatic N) is 4. The minimum Gasteiger partial charge on any atom is -0.308 e. The van der Waals surface area contributed by atoms with Crippen molar-refractivity contribution in [3.05, 3.63) is 53.8 Å². The Balaban J connectivity index is 1.52. The Morgan fingerprint density at radius 2 is 1.71 bits per heavy atom. The predicted octanol–water partition coefficient (Wildman–Crippen LogP) is 3.71. The topological polar surface area (TPSA) is 73.8 Å². The van der Waals surface area contributed by atoms with Crippen molar-refractivity contribution in [2.24, 2.45) is 5.92 Å². The summed E-state index contributed by atoms with van der Waals surface area (Å²) < 4.78 is 68.5. The van der Waals surface area contributed by atoms with Crippen molar-refractivity contribution >= 4 is 42.6 Å². The van der Waals surface area contributed by atoms with Crippen molar-refractivity contribution in [2.45, 2.75) is 17.7 Å². The summed E-state index contributed by atoms with van der Waals surface area (Å²) in [4.78, 5) is 21.2. The molecule has 0 radical (unpaired) electrons. The van der Waals surface area contributed by atoms with Gasteiger partial charge in [0, 0.05) is 38.2 Å². The lowest BCUT2D eigenvalue weighted by Gasteiger charge is -2.33. The van der Waals surface area contributed by atoms with Crippen LogP contribution in [0.25, 0.3) is 10.2 Å². The van der Waals surface area contributed by atoms with Crippen molar-refractivity contribution in [1.82, 2.24) is 14.2 Å². The molecule has 4 rings (SSSR count). The molecule has 0 aliphatic carbocycles. The first-order valence-electron chi connectivity index (χ1n) is 11.0. The maximum atomic E-state index is 14.2. The minimum absolute atomic E-state index is 0.0000190. The SMILES string of the molecule is CN(C)CCN(C(=O)C1CCN(S(=O)(=O)c2ccc(F)cc2)CC1)c1nc2c(F)cc(F)cc2s1. The molecule has 3 aromatic rings. The molecule has 1 amide bonds. The second-order valence-corrected chi connectivity index (χ2v) is 11.6. The van der Waals surface area contributed by atoms with Gasteiger partial charge in [0.2, 0.25) is 15.9 Å². The van der Waals surface area contributed by atoms with E-state index >= 15 is 0 Å². The lowest BCUT2D eigenvalue weighted by molar-refractivity contribution is -0.123. The van der Waals surface area contributed by atoms with Crippen LogP contribution in [0.4, 0.5) is 18.3 Å². The molecule has 0 spiro atoms. The molecule has 7 nitrogen and oxygen atoms in total. The van der Waals surface area contributed by atoms with Crippen LogP contribution < -0.4 is 4.90 Å². The highest BCUT2D eigenvalue weighted by Gasteiger charge is 2.35. The fourth-order valence-corrected chi connectivity index (χ4v) is 6.49. The van der Waals surface area contributed by atoms with Gasteiger partial charge in [-0.25, -0.2) is 26.6 Å². The molecule has 0 bridgehead atoms. The number of hydrogen-bond donors (Lipinski definition) is 0. The summed E-state index contributed by atoms with van der Waals surface area (Å²) in [5, 5.41) is 0.276. The number of piperidine rings is 1. The number of likely N-dealkylation sites (N-methyl/N-ethyl adjacent to an activating group) is 1. The average Bonchev–Trinajstić information content (AvgIpc) is 3.23. The Morgan fingerprint density at radius 1 is 1.06 bits per heavy atom. The van der Waals surface area contributed by atoms with Crippen LogP contribution in [-0.4, -0.2) is 68.8 Å². The molecule has 0 N–H and O–H groups in total. The largest absolute Gasteiger partial charge is 0.308 e. The van der Waals surface area contributed by atoms with Gasteiger partial charge in [0.15, 0.2) is 10.9 Å². The zero-order valence-electron chi connectivity index (χ0n) is 19.2. The first kappa shape index (κ1) is 25.5. The van der Waals surface area contributed by atoms with Gasteiger partial charge in [0.1, 0.15) is 17.2 Å². The molecule has 12 heteroatoms. The first-order chi connectivity index (χ1) is 16.6. The number of carbonyl (C=O) groups excluding carboxylic acids is 1. The van der Waals surface area contributed by atoms with Crippen LogP contribution in [0.5, 0.6) is 0 Å². The summed E-state index contributed by atoms with van der Waals surface area (Å²) in [6, 6.07) is 6.58. The molecular weight excluding hydrogens is 501 g/mol. The average molecular weight is 527 g/mol. The molecule has 1 aliphatic heterocycles. The van der Waals surface area contributed by atoms with E-state index in [1.165, 1.54) is 27.4 Å². The van der Waals surface area contributed by atoms with Gasteiger partial charge in [-0.2, -0.15) is 4.31 Å². The molecule has 2 heterocycles. The van der Waals surface area contributed by atoms with E-state index < -0.39 is 33.4 Å². The first-order valence-corrected chi connectivity index (χ1v) is 13.3. The molecule has 1 fully saturated rings. The van der Waals surface area contributed by atoms with E-state index in [4.69, 9.17) is 0 Å². The lowest BCUT2D eigenvalue weighted by Crippen LogP contribution is -2.46. The molecule has 1 saturated heterocycles. The number of sulfonamides is 1. The highest BCUT2D eigenvalue weighted by molar-refractivity contribution is 7.89. The fraction of sp³-hybridized carbons (Fsp3) is 0.391. The zero-order chi connectivity index (χ0) is 25.3. The Morgan fingerprint density at radius 3 is 2.34 bits per heavy atom. The number of thiazole rings is 1. The predicted molar refractivity (Wildman–Crippen MR) is 128 cm³/mol. The maximum Gasteiger partial charge on any atom is 0.243 e. The zero-order valence-corrected chi connectivity index (χ0v) is 20.9. The monoisotopic (exact) mass is 526 g/mol. The van der Waals surface area contributed by atoms with Crippen LogP contribution >= 0.6 is 11.3 Å². The van der Waals surface area contributed by atoms with Crippen molar-refractivity contribution in [3.63, 3.8) is 0 Å². The molecular formula is C23H25F3N4O3S2. The van der Waals surface area contributed by atoms with Gasteiger partial charge in [-0.3, -0.25) is 9.69 Å². The van der Waals surface area contributed by atoms with Crippen LogP contribution in [-0.2, 0) is 14.8 Å². The Kier molecular flexibility index (Phi) is 7.46. The number of hydrogen-bond acceptors (Lipinski definition) is 6. The number of aromatic nitrogens is 1. The highest BCUT2D eigenvalue weighted by Crippen LogP contribution is 2.33. The number of benzene rings is 2. The van der Waals surface area contributed by atoms with Crippen molar-refractivity contribution in [3.8, 4) is 0 Å². The van der Waals surface area contributed by atoms with Gasteiger partial charge in [0.25, 0.3) is 0 Å². The van der Waals surface area contributed by atoms with Crippen LogP contribution in [0.2, 0.25) is 0 Å². The summed E-state index contributed by atoms with van der Waals surface area (Å²) in [6.07, 6.45) is 0.594.